The Bertz CT molecular complexity index is 466. The van der Waals surface area contributed by atoms with E-state index in [4.69, 9.17) is 0 Å². The first kappa shape index (κ1) is 32.9. The van der Waals surface area contributed by atoms with Gasteiger partial charge in [0, 0.05) is 5.75 Å². The second-order valence-electron chi connectivity index (χ2n) is 10.5. The third kappa shape index (κ3) is 22.1. The maximum atomic E-state index is 11.1. The lowest BCUT2D eigenvalue weighted by Gasteiger charge is -2.40. The van der Waals surface area contributed by atoms with E-state index < -0.39 is 10.1 Å². The summed E-state index contributed by atoms with van der Waals surface area (Å²) in [6.45, 7) is 11.6. The van der Waals surface area contributed by atoms with Crippen LogP contribution in [0.5, 0.6) is 0 Å². The van der Waals surface area contributed by atoms with Gasteiger partial charge in [-0.25, -0.2) is 8.42 Å². The maximum absolute atomic E-state index is 11.1. The largest absolute Gasteiger partial charge is 0.748 e. The average molecular weight is 490 g/mol. The van der Waals surface area contributed by atoms with Crippen LogP contribution in [0, 0.1) is 0 Å². The van der Waals surface area contributed by atoms with Crippen LogP contribution in [0.1, 0.15) is 149 Å². The van der Waals surface area contributed by atoms with Crippen molar-refractivity contribution in [3.63, 3.8) is 0 Å². The summed E-state index contributed by atoms with van der Waals surface area (Å²) >= 11 is 0. The van der Waals surface area contributed by atoms with Crippen molar-refractivity contribution in [1.82, 2.24) is 0 Å². The molecule has 0 N–H and O–H groups in total. The molecule has 5 heteroatoms. The molecule has 0 atom stereocenters. The molecule has 0 bridgehead atoms. The van der Waals surface area contributed by atoms with Gasteiger partial charge in [-0.15, -0.1) is 0 Å². The van der Waals surface area contributed by atoms with Crippen LogP contribution in [0.15, 0.2) is 0 Å². The molecular weight excluding hydrogens is 430 g/mol. The third-order valence-electron chi connectivity index (χ3n) is 7.23. The topological polar surface area (TPSA) is 57.2 Å². The van der Waals surface area contributed by atoms with Gasteiger partial charge in [0.2, 0.25) is 0 Å². The van der Waals surface area contributed by atoms with Gasteiger partial charge in [0.25, 0.3) is 0 Å². The lowest BCUT2D eigenvalue weighted by Crippen LogP contribution is -2.51. The van der Waals surface area contributed by atoms with E-state index in [0.717, 1.165) is 17.4 Å². The Labute approximate surface area is 208 Å². The van der Waals surface area contributed by atoms with E-state index in [2.05, 4.69) is 20.8 Å². The van der Waals surface area contributed by atoms with Gasteiger partial charge in [0.05, 0.1) is 36.3 Å². The van der Waals surface area contributed by atoms with Crippen LogP contribution in [0.4, 0.5) is 0 Å². The quantitative estimate of drug-likeness (QED) is 0.0698. The van der Waals surface area contributed by atoms with Crippen LogP contribution in [0.3, 0.4) is 0 Å². The summed E-state index contributed by atoms with van der Waals surface area (Å²) in [5, 5.41) is 0. The second kappa shape index (κ2) is 22.3. The van der Waals surface area contributed by atoms with Crippen molar-refractivity contribution in [2.75, 3.05) is 31.9 Å². The molecule has 0 aliphatic heterocycles. The molecule has 0 aromatic heterocycles. The third-order valence-corrected chi connectivity index (χ3v) is 8.02. The van der Waals surface area contributed by atoms with Crippen molar-refractivity contribution in [2.24, 2.45) is 0 Å². The number of unbranched alkanes of at least 4 members (excludes halogenated alkanes) is 16. The van der Waals surface area contributed by atoms with Gasteiger partial charge in [-0.1, -0.05) is 97.8 Å². The van der Waals surface area contributed by atoms with Gasteiger partial charge in [-0.2, -0.15) is 0 Å². The molecule has 0 aliphatic carbocycles. The summed E-state index contributed by atoms with van der Waals surface area (Å²) in [7, 11) is -4.09. The zero-order valence-electron chi connectivity index (χ0n) is 22.8. The fourth-order valence-corrected chi connectivity index (χ4v) is 5.64. The summed E-state index contributed by atoms with van der Waals surface area (Å²) in [6.07, 6.45) is 25.2. The predicted octanol–water partition coefficient (Wildman–Crippen LogP) is 8.21. The zero-order valence-corrected chi connectivity index (χ0v) is 23.6. The second-order valence-corrected chi connectivity index (χ2v) is 12.0. The molecule has 0 radical (unpaired) electrons. The minimum atomic E-state index is -4.09. The van der Waals surface area contributed by atoms with Crippen LogP contribution in [0.2, 0.25) is 0 Å². The SMILES string of the molecule is CCCCCCCC[N+](CCCCCCCC)(CCCCCCCC)CCCCS(=O)(=O)[O-]. The summed E-state index contributed by atoms with van der Waals surface area (Å²) in [5.41, 5.74) is 0. The van der Waals surface area contributed by atoms with Crippen LogP contribution < -0.4 is 0 Å². The van der Waals surface area contributed by atoms with Crippen LogP contribution in [-0.4, -0.2) is 49.4 Å². The van der Waals surface area contributed by atoms with E-state index >= 15 is 0 Å². The standard InChI is InChI=1S/C28H59NO3S/c1-4-7-10-13-16-19-24-29(25-20-17-14-11-8-5-2,26-21-18-15-12-9-6-3)27-22-23-28-33(30,31)32/h4-28H2,1-3H3. The first-order valence-corrected chi connectivity index (χ1v) is 16.3. The molecule has 4 nitrogen and oxygen atoms in total. The summed E-state index contributed by atoms with van der Waals surface area (Å²) in [6, 6.07) is 0. The van der Waals surface area contributed by atoms with Crippen molar-refractivity contribution >= 4 is 10.1 Å². The van der Waals surface area contributed by atoms with Gasteiger partial charge in [-0.3, -0.25) is 0 Å². The molecule has 0 amide bonds. The van der Waals surface area contributed by atoms with Crippen LogP contribution >= 0.6 is 0 Å². The van der Waals surface area contributed by atoms with E-state index in [1.807, 2.05) is 0 Å². The summed E-state index contributed by atoms with van der Waals surface area (Å²) < 4.78 is 34.4. The minimum absolute atomic E-state index is 0.196. The molecule has 0 rings (SSSR count). The highest BCUT2D eigenvalue weighted by molar-refractivity contribution is 7.85. The Kier molecular flexibility index (Phi) is 22.3. The first-order valence-electron chi connectivity index (χ1n) is 14.7. The lowest BCUT2D eigenvalue weighted by molar-refractivity contribution is -0.929. The Morgan fingerprint density at radius 3 is 1.03 bits per heavy atom. The molecule has 0 aromatic carbocycles. The Balaban J connectivity index is 4.87. The molecular formula is C28H59NO3S. The summed E-state index contributed by atoms with van der Waals surface area (Å²) in [4.78, 5) is 0. The fourth-order valence-electron chi connectivity index (χ4n) is 5.08. The van der Waals surface area contributed by atoms with Crippen LogP contribution in [0.25, 0.3) is 0 Å². The van der Waals surface area contributed by atoms with E-state index in [1.165, 1.54) is 135 Å². The smallest absolute Gasteiger partial charge is 0.0945 e. The molecule has 33 heavy (non-hydrogen) atoms. The Morgan fingerprint density at radius 2 is 0.727 bits per heavy atom. The molecule has 0 saturated heterocycles. The molecule has 0 unspecified atom stereocenters. The number of quaternary nitrogens is 1. The molecule has 0 spiro atoms. The van der Waals surface area contributed by atoms with Gasteiger partial charge < -0.3 is 9.04 Å². The van der Waals surface area contributed by atoms with Crippen molar-refractivity contribution in [1.29, 1.82) is 0 Å². The van der Waals surface area contributed by atoms with Crippen LogP contribution in [-0.2, 0) is 10.1 Å². The van der Waals surface area contributed by atoms with E-state index in [0.29, 0.717) is 6.42 Å². The predicted molar refractivity (Wildman–Crippen MR) is 144 cm³/mol. The van der Waals surface area contributed by atoms with E-state index in [1.54, 1.807) is 0 Å². The monoisotopic (exact) mass is 489 g/mol. The highest BCUT2D eigenvalue weighted by Crippen LogP contribution is 2.20. The van der Waals surface area contributed by atoms with E-state index in [-0.39, 0.29) is 5.75 Å². The highest BCUT2D eigenvalue weighted by Gasteiger charge is 2.25. The van der Waals surface area contributed by atoms with Gasteiger partial charge in [0.15, 0.2) is 0 Å². The molecule has 0 aromatic rings. The summed E-state index contributed by atoms with van der Waals surface area (Å²) in [5.74, 6) is -0.196. The number of rotatable bonds is 26. The van der Waals surface area contributed by atoms with Crippen molar-refractivity contribution < 1.29 is 17.5 Å². The van der Waals surface area contributed by atoms with E-state index in [9.17, 15) is 13.0 Å². The van der Waals surface area contributed by atoms with Gasteiger partial charge in [-0.05, 0) is 51.4 Å². The number of hydrogen-bond donors (Lipinski definition) is 0. The van der Waals surface area contributed by atoms with Gasteiger partial charge in [0.1, 0.15) is 0 Å². The first-order chi connectivity index (χ1) is 15.9. The van der Waals surface area contributed by atoms with Crippen molar-refractivity contribution in [3.8, 4) is 0 Å². The molecule has 0 fully saturated rings. The lowest BCUT2D eigenvalue weighted by atomic mass is 10.1. The van der Waals surface area contributed by atoms with Gasteiger partial charge >= 0.3 is 0 Å². The maximum Gasteiger partial charge on any atom is 0.0945 e. The fraction of sp³-hybridized carbons (Fsp3) is 1.00. The minimum Gasteiger partial charge on any atom is -0.748 e. The zero-order chi connectivity index (χ0) is 24.7. The normalized spacial score (nSPS) is 12.5. The molecule has 0 saturated carbocycles. The Morgan fingerprint density at radius 1 is 0.455 bits per heavy atom. The van der Waals surface area contributed by atoms with Crippen molar-refractivity contribution in [2.45, 2.75) is 149 Å². The average Bonchev–Trinajstić information content (AvgIpc) is 2.77. The molecule has 200 valence electrons. The number of hydrogen-bond acceptors (Lipinski definition) is 3. The molecule has 0 heterocycles. The molecule has 0 aliphatic rings. The number of nitrogens with zero attached hydrogens (tertiary/aromatic N) is 1. The van der Waals surface area contributed by atoms with Crippen molar-refractivity contribution in [3.05, 3.63) is 0 Å². The highest BCUT2D eigenvalue weighted by atomic mass is 32.2. The Hall–Kier alpha value is -0.130.